The lowest BCUT2D eigenvalue weighted by atomic mass is 10.3. The Bertz CT molecular complexity index is 297. The van der Waals surface area contributed by atoms with E-state index in [2.05, 4.69) is 0 Å². The maximum Gasteiger partial charge on any atom is 0.232 e. The van der Waals surface area contributed by atoms with Gasteiger partial charge in [-0.1, -0.05) is 6.07 Å². The molecule has 0 aromatic heterocycles. The SMILES string of the molecule is Oc1cccc2c1OC(O)CO2. The third-order valence-electron chi connectivity index (χ3n) is 1.59. The zero-order valence-electron chi connectivity index (χ0n) is 6.23. The van der Waals surface area contributed by atoms with Crippen LogP contribution < -0.4 is 9.47 Å². The number of aliphatic hydroxyl groups excluding tert-OH is 1. The smallest absolute Gasteiger partial charge is 0.232 e. The van der Waals surface area contributed by atoms with Crippen LogP contribution in [0, 0.1) is 0 Å². The Hall–Kier alpha value is -1.42. The van der Waals surface area contributed by atoms with Crippen molar-refractivity contribution < 1.29 is 19.7 Å². The molecule has 1 heterocycles. The van der Waals surface area contributed by atoms with Gasteiger partial charge in [0.15, 0.2) is 18.1 Å². The first-order valence-electron chi connectivity index (χ1n) is 3.57. The van der Waals surface area contributed by atoms with Crippen LogP contribution >= 0.6 is 0 Å². The lowest BCUT2D eigenvalue weighted by molar-refractivity contribution is -0.0684. The van der Waals surface area contributed by atoms with Gasteiger partial charge >= 0.3 is 0 Å². The highest BCUT2D eigenvalue weighted by Gasteiger charge is 2.20. The van der Waals surface area contributed by atoms with Gasteiger partial charge in [0.1, 0.15) is 0 Å². The molecule has 1 aromatic carbocycles. The van der Waals surface area contributed by atoms with Crippen molar-refractivity contribution in [3.8, 4) is 17.2 Å². The second kappa shape index (κ2) is 2.57. The minimum absolute atomic E-state index is 0.0220. The Morgan fingerprint density at radius 3 is 3.08 bits per heavy atom. The van der Waals surface area contributed by atoms with E-state index in [0.29, 0.717) is 5.75 Å². The number of aliphatic hydroxyl groups is 1. The molecule has 0 saturated carbocycles. The molecule has 1 atom stereocenters. The number of phenols is 1. The van der Waals surface area contributed by atoms with Gasteiger partial charge in [0.05, 0.1) is 0 Å². The third-order valence-corrected chi connectivity index (χ3v) is 1.59. The summed E-state index contributed by atoms with van der Waals surface area (Å²) in [6.07, 6.45) is -0.995. The fourth-order valence-corrected chi connectivity index (χ4v) is 1.07. The van der Waals surface area contributed by atoms with Crippen molar-refractivity contribution in [2.45, 2.75) is 6.29 Å². The number of hydrogen-bond donors (Lipinski definition) is 2. The van der Waals surface area contributed by atoms with Gasteiger partial charge in [-0.3, -0.25) is 0 Å². The standard InChI is InChI=1S/C8H8O4/c9-5-2-1-3-6-8(5)12-7(10)4-11-6/h1-3,7,9-10H,4H2. The van der Waals surface area contributed by atoms with Crippen molar-refractivity contribution in [2.75, 3.05) is 6.61 Å². The van der Waals surface area contributed by atoms with E-state index < -0.39 is 6.29 Å². The van der Waals surface area contributed by atoms with Gasteiger partial charge in [0.25, 0.3) is 0 Å². The summed E-state index contributed by atoms with van der Waals surface area (Å²) in [7, 11) is 0. The molecule has 0 aliphatic carbocycles. The molecule has 1 aliphatic heterocycles. The molecule has 0 spiro atoms. The Morgan fingerprint density at radius 2 is 2.25 bits per heavy atom. The number of ether oxygens (including phenoxy) is 2. The fraction of sp³-hybridized carbons (Fsp3) is 0.250. The Kier molecular flexibility index (Phi) is 1.55. The molecule has 1 aliphatic rings. The molecule has 64 valence electrons. The summed E-state index contributed by atoms with van der Waals surface area (Å²) in [6, 6.07) is 4.79. The molecule has 0 radical (unpaired) electrons. The van der Waals surface area contributed by atoms with E-state index in [-0.39, 0.29) is 18.1 Å². The van der Waals surface area contributed by atoms with Gasteiger partial charge in [-0.05, 0) is 12.1 Å². The normalized spacial score (nSPS) is 20.6. The van der Waals surface area contributed by atoms with Gasteiger partial charge < -0.3 is 19.7 Å². The second-order valence-electron chi connectivity index (χ2n) is 2.49. The lowest BCUT2D eigenvalue weighted by Gasteiger charge is -2.22. The van der Waals surface area contributed by atoms with Crippen LogP contribution in [0.3, 0.4) is 0 Å². The van der Waals surface area contributed by atoms with E-state index in [1.54, 1.807) is 12.1 Å². The van der Waals surface area contributed by atoms with Crippen LogP contribution in [0.5, 0.6) is 17.2 Å². The fourth-order valence-electron chi connectivity index (χ4n) is 1.07. The van der Waals surface area contributed by atoms with Crippen LogP contribution in [-0.4, -0.2) is 23.1 Å². The van der Waals surface area contributed by atoms with Gasteiger partial charge in [-0.15, -0.1) is 0 Å². The maximum absolute atomic E-state index is 9.26. The van der Waals surface area contributed by atoms with Crippen LogP contribution in [0.2, 0.25) is 0 Å². The predicted octanol–water partition coefficient (Wildman–Crippen LogP) is 0.482. The summed E-state index contributed by atoms with van der Waals surface area (Å²) in [5, 5.41) is 18.3. The first-order valence-corrected chi connectivity index (χ1v) is 3.57. The number of para-hydroxylation sites is 1. The minimum atomic E-state index is -0.995. The number of aromatic hydroxyl groups is 1. The molecule has 4 heteroatoms. The largest absolute Gasteiger partial charge is 0.504 e. The summed E-state index contributed by atoms with van der Waals surface area (Å²) in [6.45, 7) is 0.0937. The first-order chi connectivity index (χ1) is 5.77. The molecule has 0 saturated heterocycles. The van der Waals surface area contributed by atoms with Crippen molar-refractivity contribution in [2.24, 2.45) is 0 Å². The zero-order valence-corrected chi connectivity index (χ0v) is 6.23. The van der Waals surface area contributed by atoms with Crippen molar-refractivity contribution in [1.82, 2.24) is 0 Å². The topological polar surface area (TPSA) is 58.9 Å². The van der Waals surface area contributed by atoms with Crippen molar-refractivity contribution >= 4 is 0 Å². The average molecular weight is 168 g/mol. The van der Waals surface area contributed by atoms with E-state index in [1.165, 1.54) is 6.07 Å². The third kappa shape index (κ3) is 1.06. The number of rotatable bonds is 0. The highest BCUT2D eigenvalue weighted by atomic mass is 16.7. The van der Waals surface area contributed by atoms with Gasteiger partial charge in [-0.25, -0.2) is 0 Å². The number of fused-ring (bicyclic) bond motifs is 1. The molecule has 0 fully saturated rings. The van der Waals surface area contributed by atoms with E-state index in [9.17, 15) is 5.11 Å². The highest BCUT2D eigenvalue weighted by molar-refractivity contribution is 5.50. The highest BCUT2D eigenvalue weighted by Crippen LogP contribution is 2.38. The second-order valence-corrected chi connectivity index (χ2v) is 2.49. The number of hydrogen-bond acceptors (Lipinski definition) is 4. The zero-order chi connectivity index (χ0) is 8.55. The number of phenolic OH excluding ortho intramolecular Hbond substituents is 1. The average Bonchev–Trinajstić information content (AvgIpc) is 2.07. The minimum Gasteiger partial charge on any atom is -0.504 e. The van der Waals surface area contributed by atoms with E-state index in [1.807, 2.05) is 0 Å². The molecule has 1 aromatic rings. The monoisotopic (exact) mass is 168 g/mol. The molecule has 2 rings (SSSR count). The van der Waals surface area contributed by atoms with Gasteiger partial charge in [0.2, 0.25) is 12.0 Å². The lowest BCUT2D eigenvalue weighted by Crippen LogP contribution is -2.28. The van der Waals surface area contributed by atoms with Crippen LogP contribution in [0.25, 0.3) is 0 Å². The first kappa shape index (κ1) is 7.24. The predicted molar refractivity (Wildman–Crippen MR) is 40.2 cm³/mol. The Morgan fingerprint density at radius 1 is 1.42 bits per heavy atom. The molecule has 12 heavy (non-hydrogen) atoms. The molecule has 0 bridgehead atoms. The Balaban J connectivity index is 2.43. The molecule has 0 amide bonds. The van der Waals surface area contributed by atoms with E-state index in [4.69, 9.17) is 14.6 Å². The molecule has 2 N–H and O–H groups in total. The molecular formula is C8H8O4. The summed E-state index contributed by atoms with van der Waals surface area (Å²) in [5.41, 5.74) is 0. The molecule has 1 unspecified atom stereocenters. The van der Waals surface area contributed by atoms with Crippen molar-refractivity contribution in [3.63, 3.8) is 0 Å². The molecular weight excluding hydrogens is 160 g/mol. The maximum atomic E-state index is 9.26. The van der Waals surface area contributed by atoms with Crippen LogP contribution in [0.4, 0.5) is 0 Å². The van der Waals surface area contributed by atoms with E-state index in [0.717, 1.165) is 0 Å². The quantitative estimate of drug-likeness (QED) is 0.591. The summed E-state index contributed by atoms with van der Waals surface area (Å²) < 4.78 is 10.0. The molecule has 4 nitrogen and oxygen atoms in total. The van der Waals surface area contributed by atoms with Crippen molar-refractivity contribution in [1.29, 1.82) is 0 Å². The summed E-state index contributed by atoms with van der Waals surface area (Å²) >= 11 is 0. The van der Waals surface area contributed by atoms with Gasteiger partial charge in [-0.2, -0.15) is 0 Å². The number of benzene rings is 1. The summed E-state index contributed by atoms with van der Waals surface area (Å²) in [5.74, 6) is 0.641. The van der Waals surface area contributed by atoms with E-state index >= 15 is 0 Å². The Labute approximate surface area is 69.0 Å². The van der Waals surface area contributed by atoms with Crippen LogP contribution in [-0.2, 0) is 0 Å². The van der Waals surface area contributed by atoms with Gasteiger partial charge in [0, 0.05) is 0 Å². The van der Waals surface area contributed by atoms with Crippen molar-refractivity contribution in [3.05, 3.63) is 18.2 Å². The summed E-state index contributed by atoms with van der Waals surface area (Å²) in [4.78, 5) is 0. The van der Waals surface area contributed by atoms with Crippen LogP contribution in [0.15, 0.2) is 18.2 Å². The van der Waals surface area contributed by atoms with Crippen LogP contribution in [0.1, 0.15) is 0 Å².